The van der Waals surface area contributed by atoms with Crippen LogP contribution in [0, 0.1) is 13.8 Å². The zero-order valence-corrected chi connectivity index (χ0v) is 14.1. The van der Waals surface area contributed by atoms with Crippen LogP contribution < -0.4 is 9.47 Å². The Bertz CT molecular complexity index is 848. The van der Waals surface area contributed by atoms with Crippen LogP contribution >= 0.6 is 11.6 Å². The number of benzene rings is 2. The topological polar surface area (TPSA) is 61.8 Å². The van der Waals surface area contributed by atoms with Crippen molar-refractivity contribution in [3.05, 3.63) is 52.5 Å². The van der Waals surface area contributed by atoms with Crippen LogP contribution in [0.2, 0.25) is 5.02 Å². The van der Waals surface area contributed by atoms with Gasteiger partial charge in [0, 0.05) is 11.1 Å². The third-order valence-corrected chi connectivity index (χ3v) is 5.07. The zero-order valence-electron chi connectivity index (χ0n) is 12.6. The van der Waals surface area contributed by atoms with Crippen molar-refractivity contribution < 1.29 is 22.1 Å². The molecule has 0 fully saturated rings. The smallest absolute Gasteiger partial charge is 0.300 e. The van der Waals surface area contributed by atoms with Crippen molar-refractivity contribution in [1.82, 2.24) is 0 Å². The Balaban J connectivity index is 1.80. The highest BCUT2D eigenvalue weighted by Crippen LogP contribution is 2.34. The van der Waals surface area contributed by atoms with E-state index in [-0.39, 0.29) is 11.5 Å². The van der Waals surface area contributed by atoms with Crippen molar-refractivity contribution in [3.8, 4) is 11.5 Å². The molecule has 2 aromatic carbocycles. The molecule has 0 bridgehead atoms. The van der Waals surface area contributed by atoms with E-state index in [0.717, 1.165) is 11.1 Å². The first-order valence-corrected chi connectivity index (χ1v) is 8.73. The predicted molar refractivity (Wildman–Crippen MR) is 85.5 cm³/mol. The first-order valence-electron chi connectivity index (χ1n) is 6.95. The molecule has 0 aromatic heterocycles. The molecule has 0 saturated carbocycles. The van der Waals surface area contributed by atoms with Crippen molar-refractivity contribution in [3.63, 3.8) is 0 Å². The Kier molecular flexibility index (Phi) is 4.23. The first kappa shape index (κ1) is 16.1. The maximum absolute atomic E-state index is 12.4. The molecule has 3 rings (SSSR count). The third-order valence-electron chi connectivity index (χ3n) is 3.54. The fourth-order valence-electron chi connectivity index (χ4n) is 2.14. The molecule has 0 unspecified atom stereocenters. The van der Waals surface area contributed by atoms with E-state index in [1.165, 1.54) is 6.07 Å². The van der Waals surface area contributed by atoms with Crippen LogP contribution in [0.1, 0.15) is 11.1 Å². The normalized spacial score (nSPS) is 17.1. The molecule has 122 valence electrons. The average molecular weight is 355 g/mol. The highest BCUT2D eigenvalue weighted by Gasteiger charge is 2.28. The number of ether oxygens (including phenoxy) is 2. The Morgan fingerprint density at radius 2 is 1.87 bits per heavy atom. The Morgan fingerprint density at radius 3 is 2.61 bits per heavy atom. The van der Waals surface area contributed by atoms with Gasteiger partial charge in [-0.2, -0.15) is 8.42 Å². The van der Waals surface area contributed by atoms with Gasteiger partial charge in [0.2, 0.25) is 0 Å². The van der Waals surface area contributed by atoms with Gasteiger partial charge in [0.25, 0.3) is 16.4 Å². The van der Waals surface area contributed by atoms with E-state index < -0.39 is 16.4 Å². The molecule has 0 N–H and O–H groups in total. The van der Waals surface area contributed by atoms with Gasteiger partial charge in [-0.3, -0.25) is 0 Å². The summed E-state index contributed by atoms with van der Waals surface area (Å²) in [6.45, 7) is 3.72. The van der Waals surface area contributed by atoms with Crippen LogP contribution in [-0.2, 0) is 14.3 Å². The molecule has 0 spiro atoms. The van der Waals surface area contributed by atoms with Gasteiger partial charge in [0.05, 0.1) is 4.90 Å². The van der Waals surface area contributed by atoms with Gasteiger partial charge in [-0.05, 0) is 49.2 Å². The second kappa shape index (κ2) is 6.03. The third kappa shape index (κ3) is 3.44. The molecule has 23 heavy (non-hydrogen) atoms. The van der Waals surface area contributed by atoms with Gasteiger partial charge >= 0.3 is 0 Å². The quantitative estimate of drug-likeness (QED) is 0.790. The van der Waals surface area contributed by atoms with E-state index >= 15 is 0 Å². The summed E-state index contributed by atoms with van der Waals surface area (Å²) >= 11 is 5.89. The molecular formula is C16H15ClO5S. The van der Waals surface area contributed by atoms with Gasteiger partial charge in [0.1, 0.15) is 0 Å². The number of halogens is 1. The lowest BCUT2D eigenvalue weighted by Crippen LogP contribution is -2.33. The predicted octanol–water partition coefficient (Wildman–Crippen LogP) is 3.46. The number of hydrogen-bond acceptors (Lipinski definition) is 5. The molecule has 1 heterocycles. The lowest BCUT2D eigenvalue weighted by molar-refractivity contribution is -0.0438. The fraction of sp³-hybridized carbons (Fsp3) is 0.250. The van der Waals surface area contributed by atoms with E-state index in [2.05, 4.69) is 0 Å². The Hall–Kier alpha value is -1.76. The van der Waals surface area contributed by atoms with Gasteiger partial charge in [0.15, 0.2) is 18.1 Å². The molecule has 1 aliphatic rings. The lowest BCUT2D eigenvalue weighted by atomic mass is 10.1. The standard InChI is InChI=1S/C16H15ClO5S/c1-10-3-5-13(7-11(10)2)23(18,19)22-16-9-20-14-6-4-12(17)8-15(14)21-16/h3-8,16H,9H2,1-2H3/t16-/m1/s1. The molecular weight excluding hydrogens is 340 g/mol. The van der Waals surface area contributed by atoms with Crippen molar-refractivity contribution >= 4 is 21.7 Å². The molecule has 7 heteroatoms. The number of aryl methyl sites for hydroxylation is 2. The van der Waals surface area contributed by atoms with Gasteiger partial charge < -0.3 is 9.47 Å². The van der Waals surface area contributed by atoms with E-state index in [9.17, 15) is 8.42 Å². The van der Waals surface area contributed by atoms with Gasteiger partial charge in [-0.15, -0.1) is 0 Å². The Morgan fingerprint density at radius 1 is 1.09 bits per heavy atom. The van der Waals surface area contributed by atoms with Crippen molar-refractivity contribution in [2.24, 2.45) is 0 Å². The molecule has 2 aromatic rings. The van der Waals surface area contributed by atoms with Crippen LogP contribution in [0.15, 0.2) is 41.3 Å². The number of rotatable bonds is 3. The summed E-state index contributed by atoms with van der Waals surface area (Å²) in [5, 5.41) is 0.463. The maximum Gasteiger partial charge on any atom is 0.300 e. The van der Waals surface area contributed by atoms with Crippen LogP contribution in [0.5, 0.6) is 11.5 Å². The summed E-state index contributed by atoms with van der Waals surface area (Å²) < 4.78 is 40.8. The molecule has 0 amide bonds. The van der Waals surface area contributed by atoms with Gasteiger partial charge in [-0.1, -0.05) is 17.7 Å². The maximum atomic E-state index is 12.4. The largest absolute Gasteiger partial charge is 0.483 e. The molecule has 5 nitrogen and oxygen atoms in total. The van der Waals surface area contributed by atoms with Crippen LogP contribution in [0.4, 0.5) is 0 Å². The average Bonchev–Trinajstić information content (AvgIpc) is 2.49. The second-order valence-electron chi connectivity index (χ2n) is 5.25. The van der Waals surface area contributed by atoms with Gasteiger partial charge in [-0.25, -0.2) is 4.18 Å². The summed E-state index contributed by atoms with van der Waals surface area (Å²) in [4.78, 5) is 0.0843. The lowest BCUT2D eigenvalue weighted by Gasteiger charge is -2.26. The summed E-state index contributed by atoms with van der Waals surface area (Å²) in [6.07, 6.45) is -1.06. The number of hydrogen-bond donors (Lipinski definition) is 0. The van der Waals surface area contributed by atoms with Crippen molar-refractivity contribution in [1.29, 1.82) is 0 Å². The van der Waals surface area contributed by atoms with Crippen molar-refractivity contribution in [2.45, 2.75) is 25.0 Å². The molecule has 1 aliphatic heterocycles. The molecule has 0 radical (unpaired) electrons. The zero-order chi connectivity index (χ0) is 16.6. The highest BCUT2D eigenvalue weighted by molar-refractivity contribution is 7.86. The minimum atomic E-state index is -3.95. The minimum Gasteiger partial charge on any atom is -0.483 e. The fourth-order valence-corrected chi connectivity index (χ4v) is 3.35. The van der Waals surface area contributed by atoms with E-state index in [0.29, 0.717) is 16.5 Å². The highest BCUT2D eigenvalue weighted by atomic mass is 35.5. The molecule has 1 atom stereocenters. The van der Waals surface area contributed by atoms with Crippen LogP contribution in [-0.4, -0.2) is 21.3 Å². The summed E-state index contributed by atoms with van der Waals surface area (Å²) in [5.74, 6) is 0.849. The van der Waals surface area contributed by atoms with Crippen LogP contribution in [0.3, 0.4) is 0 Å². The SMILES string of the molecule is Cc1ccc(S(=O)(=O)O[C@@H]2COc3ccc(Cl)cc3O2)cc1C. The molecule has 0 aliphatic carbocycles. The van der Waals surface area contributed by atoms with E-state index in [4.69, 9.17) is 25.3 Å². The van der Waals surface area contributed by atoms with E-state index in [1.807, 2.05) is 13.8 Å². The van der Waals surface area contributed by atoms with Crippen LogP contribution in [0.25, 0.3) is 0 Å². The summed E-state index contributed by atoms with van der Waals surface area (Å²) in [6, 6.07) is 9.68. The number of fused-ring (bicyclic) bond motifs is 1. The second-order valence-corrected chi connectivity index (χ2v) is 7.25. The van der Waals surface area contributed by atoms with Crippen molar-refractivity contribution in [2.75, 3.05) is 6.61 Å². The Labute approximate surface area is 139 Å². The first-order chi connectivity index (χ1) is 10.8. The monoisotopic (exact) mass is 354 g/mol. The molecule has 0 saturated heterocycles. The summed E-state index contributed by atoms with van der Waals surface area (Å²) in [5.41, 5.74) is 1.87. The minimum absolute atomic E-state index is 0.0291. The van der Waals surface area contributed by atoms with E-state index in [1.54, 1.807) is 30.3 Å². The summed E-state index contributed by atoms with van der Waals surface area (Å²) in [7, 11) is -3.95.